The van der Waals surface area contributed by atoms with Crippen LogP contribution < -0.4 is 10.5 Å². The number of hydrogen-bond acceptors (Lipinski definition) is 6. The lowest BCUT2D eigenvalue weighted by Crippen LogP contribution is -2.48. The molecule has 2 fully saturated rings. The fourth-order valence-corrected chi connectivity index (χ4v) is 4.48. The largest absolute Gasteiger partial charge is 0.495 e. The average molecular weight is 392 g/mol. The van der Waals surface area contributed by atoms with Gasteiger partial charge in [0.05, 0.1) is 19.4 Å². The van der Waals surface area contributed by atoms with Crippen LogP contribution in [0.3, 0.4) is 0 Å². The highest BCUT2D eigenvalue weighted by Gasteiger charge is 2.28. The Hall–Kier alpha value is -1.34. The normalized spacial score (nSPS) is 20.5. The Balaban J connectivity index is 1.38. The summed E-state index contributed by atoms with van der Waals surface area (Å²) in [6.45, 7) is 9.65. The molecule has 6 nitrogen and oxygen atoms in total. The van der Waals surface area contributed by atoms with Crippen molar-refractivity contribution in [3.05, 3.63) is 23.8 Å². The van der Waals surface area contributed by atoms with E-state index < -0.39 is 0 Å². The molecule has 3 rings (SSSR count). The second-order valence-electron chi connectivity index (χ2n) is 7.90. The van der Waals surface area contributed by atoms with E-state index in [-0.39, 0.29) is 0 Å². The highest BCUT2D eigenvalue weighted by Crippen LogP contribution is 2.34. The van der Waals surface area contributed by atoms with Gasteiger partial charge in [-0.25, -0.2) is 0 Å². The Morgan fingerprint density at radius 3 is 2.46 bits per heavy atom. The zero-order chi connectivity index (χ0) is 19.8. The van der Waals surface area contributed by atoms with Gasteiger partial charge in [-0.3, -0.25) is 0 Å². The minimum Gasteiger partial charge on any atom is -0.495 e. The molecule has 158 valence electrons. The predicted octanol–water partition coefficient (Wildman–Crippen LogP) is 2.93. The van der Waals surface area contributed by atoms with Gasteiger partial charge in [0, 0.05) is 19.2 Å². The molecule has 0 aliphatic carbocycles. The summed E-state index contributed by atoms with van der Waals surface area (Å²) in [5, 5.41) is 0. The van der Waals surface area contributed by atoms with Crippen molar-refractivity contribution in [2.75, 3.05) is 65.6 Å². The third-order valence-corrected chi connectivity index (χ3v) is 6.25. The molecule has 0 atom stereocenters. The zero-order valence-corrected chi connectivity index (χ0v) is 17.6. The summed E-state index contributed by atoms with van der Waals surface area (Å²) in [5.41, 5.74) is 8.05. The molecule has 28 heavy (non-hydrogen) atoms. The molecule has 0 radical (unpaired) electrons. The summed E-state index contributed by atoms with van der Waals surface area (Å²) >= 11 is 0. The molecule has 2 saturated heterocycles. The monoisotopic (exact) mass is 391 g/mol. The molecule has 1 aromatic carbocycles. The van der Waals surface area contributed by atoms with Crippen LogP contribution >= 0.6 is 0 Å². The number of benzene rings is 1. The van der Waals surface area contributed by atoms with E-state index in [0.29, 0.717) is 19.3 Å². The molecule has 0 spiro atoms. The number of nitrogens with two attached hydrogens (primary N) is 1. The SMILES string of the molecule is CCOCOCCN1CCC(N2CCC(c3ccc(N)c(OC)c3)CC2)CC1. The standard InChI is InChI=1S/C22H37N3O3/c1-3-27-17-28-15-14-24-10-8-20(9-11-24)25-12-6-18(7-13-25)19-4-5-21(23)22(16-19)26-2/h4-5,16,18,20H,3,6-15,17,23H2,1-2H3. The van der Waals surface area contributed by atoms with Crippen LogP contribution in [-0.2, 0) is 9.47 Å². The van der Waals surface area contributed by atoms with Crippen LogP contribution in [0.5, 0.6) is 5.75 Å². The first-order chi connectivity index (χ1) is 13.7. The summed E-state index contributed by atoms with van der Waals surface area (Å²) in [5.74, 6) is 1.42. The summed E-state index contributed by atoms with van der Waals surface area (Å²) in [6.07, 6.45) is 4.98. The van der Waals surface area contributed by atoms with E-state index in [1.807, 2.05) is 13.0 Å². The molecule has 0 bridgehead atoms. The maximum atomic E-state index is 5.96. The highest BCUT2D eigenvalue weighted by molar-refractivity contribution is 5.54. The first-order valence-corrected chi connectivity index (χ1v) is 10.8. The van der Waals surface area contributed by atoms with Crippen LogP contribution in [0.25, 0.3) is 0 Å². The molecule has 2 aliphatic heterocycles. The van der Waals surface area contributed by atoms with E-state index >= 15 is 0 Å². The Kier molecular flexibility index (Phi) is 8.40. The summed E-state index contributed by atoms with van der Waals surface area (Å²) < 4.78 is 16.1. The lowest BCUT2D eigenvalue weighted by atomic mass is 9.87. The molecule has 6 heteroatoms. The lowest BCUT2D eigenvalue weighted by Gasteiger charge is -2.42. The molecule has 0 saturated carbocycles. The molecular weight excluding hydrogens is 354 g/mol. The van der Waals surface area contributed by atoms with Gasteiger partial charge in [0.15, 0.2) is 0 Å². The molecule has 0 unspecified atom stereocenters. The molecular formula is C22H37N3O3. The maximum absolute atomic E-state index is 5.96. The molecule has 2 N–H and O–H groups in total. The minimum atomic E-state index is 0.418. The summed E-state index contributed by atoms with van der Waals surface area (Å²) in [6, 6.07) is 7.02. The number of nitrogens with zero attached hydrogens (tertiary/aromatic N) is 2. The molecule has 1 aromatic rings. The predicted molar refractivity (Wildman–Crippen MR) is 113 cm³/mol. The number of hydrogen-bond donors (Lipinski definition) is 1. The van der Waals surface area contributed by atoms with E-state index in [4.69, 9.17) is 19.9 Å². The van der Waals surface area contributed by atoms with E-state index in [9.17, 15) is 0 Å². The van der Waals surface area contributed by atoms with Crippen molar-refractivity contribution in [2.24, 2.45) is 0 Å². The van der Waals surface area contributed by atoms with Gasteiger partial charge in [-0.2, -0.15) is 0 Å². The van der Waals surface area contributed by atoms with Gasteiger partial charge in [-0.05, 0) is 82.4 Å². The first-order valence-electron chi connectivity index (χ1n) is 10.8. The van der Waals surface area contributed by atoms with Gasteiger partial charge in [0.25, 0.3) is 0 Å². The zero-order valence-electron chi connectivity index (χ0n) is 17.6. The Morgan fingerprint density at radius 1 is 1.04 bits per heavy atom. The van der Waals surface area contributed by atoms with Gasteiger partial charge in [0.2, 0.25) is 0 Å². The topological polar surface area (TPSA) is 60.2 Å². The van der Waals surface area contributed by atoms with Crippen molar-refractivity contribution in [2.45, 2.75) is 44.6 Å². The van der Waals surface area contributed by atoms with Gasteiger partial charge in [-0.1, -0.05) is 6.07 Å². The third-order valence-electron chi connectivity index (χ3n) is 6.25. The average Bonchev–Trinajstić information content (AvgIpc) is 2.74. The fraction of sp³-hybridized carbons (Fsp3) is 0.727. The van der Waals surface area contributed by atoms with Crippen molar-refractivity contribution in [3.8, 4) is 5.75 Å². The van der Waals surface area contributed by atoms with Gasteiger partial charge < -0.3 is 29.7 Å². The smallest absolute Gasteiger partial charge is 0.146 e. The lowest BCUT2D eigenvalue weighted by molar-refractivity contribution is -0.0561. The van der Waals surface area contributed by atoms with E-state index in [1.54, 1.807) is 7.11 Å². The van der Waals surface area contributed by atoms with Crippen LogP contribution in [0, 0.1) is 0 Å². The van der Waals surface area contributed by atoms with Crippen molar-refractivity contribution >= 4 is 5.69 Å². The number of piperidine rings is 2. The van der Waals surface area contributed by atoms with E-state index in [1.165, 1.54) is 57.4 Å². The quantitative estimate of drug-likeness (QED) is 0.397. The van der Waals surface area contributed by atoms with Crippen LogP contribution in [0.1, 0.15) is 44.1 Å². The third kappa shape index (κ3) is 5.83. The minimum absolute atomic E-state index is 0.418. The van der Waals surface area contributed by atoms with Crippen LogP contribution in [0.2, 0.25) is 0 Å². The second kappa shape index (κ2) is 11.0. The Morgan fingerprint density at radius 2 is 1.79 bits per heavy atom. The van der Waals surface area contributed by atoms with E-state index in [2.05, 4.69) is 21.9 Å². The van der Waals surface area contributed by atoms with Crippen LogP contribution in [0.4, 0.5) is 5.69 Å². The molecule has 2 aliphatic rings. The molecule has 0 aromatic heterocycles. The molecule has 0 amide bonds. The van der Waals surface area contributed by atoms with Crippen LogP contribution in [-0.4, -0.2) is 75.7 Å². The second-order valence-corrected chi connectivity index (χ2v) is 7.90. The number of likely N-dealkylation sites (tertiary alicyclic amines) is 2. The molecule has 2 heterocycles. The van der Waals surface area contributed by atoms with Crippen molar-refractivity contribution in [1.82, 2.24) is 9.80 Å². The number of nitrogen functional groups attached to an aromatic ring is 1. The number of methoxy groups -OCH3 is 1. The maximum Gasteiger partial charge on any atom is 0.146 e. The summed E-state index contributed by atoms with van der Waals surface area (Å²) in [4.78, 5) is 5.24. The number of anilines is 1. The fourth-order valence-electron chi connectivity index (χ4n) is 4.48. The van der Waals surface area contributed by atoms with E-state index in [0.717, 1.165) is 30.6 Å². The number of ether oxygens (including phenoxy) is 3. The van der Waals surface area contributed by atoms with Crippen molar-refractivity contribution in [1.29, 1.82) is 0 Å². The Bertz CT molecular complexity index is 582. The first kappa shape index (κ1) is 21.4. The highest BCUT2D eigenvalue weighted by atomic mass is 16.7. The Labute approximate surface area is 169 Å². The summed E-state index contributed by atoms with van der Waals surface area (Å²) in [7, 11) is 1.69. The van der Waals surface area contributed by atoms with Crippen molar-refractivity contribution < 1.29 is 14.2 Å². The van der Waals surface area contributed by atoms with Gasteiger partial charge >= 0.3 is 0 Å². The van der Waals surface area contributed by atoms with Gasteiger partial charge in [0.1, 0.15) is 12.5 Å². The number of rotatable bonds is 9. The van der Waals surface area contributed by atoms with Crippen molar-refractivity contribution in [3.63, 3.8) is 0 Å². The van der Waals surface area contributed by atoms with Gasteiger partial charge in [-0.15, -0.1) is 0 Å². The van der Waals surface area contributed by atoms with Crippen LogP contribution in [0.15, 0.2) is 18.2 Å².